The van der Waals surface area contributed by atoms with Crippen molar-refractivity contribution in [3.05, 3.63) is 40.5 Å². The largest absolute Gasteiger partial charge is 0.462 e. The number of likely N-dealkylation sites (tertiary alicyclic amines) is 1. The first-order valence-corrected chi connectivity index (χ1v) is 16.1. The number of hydrogen-bond donors (Lipinski definition) is 2. The van der Waals surface area contributed by atoms with Gasteiger partial charge < -0.3 is 30.2 Å². The van der Waals surface area contributed by atoms with E-state index in [1.807, 2.05) is 7.05 Å². The van der Waals surface area contributed by atoms with E-state index in [9.17, 15) is 5.26 Å². The van der Waals surface area contributed by atoms with Crippen LogP contribution in [0.5, 0.6) is 6.01 Å². The van der Waals surface area contributed by atoms with Gasteiger partial charge in [0.25, 0.3) is 0 Å². The normalized spacial score (nSPS) is 24.6. The van der Waals surface area contributed by atoms with E-state index in [4.69, 9.17) is 24.9 Å². The molecule has 234 valence electrons. The number of rotatable bonds is 6. The van der Waals surface area contributed by atoms with Crippen LogP contribution in [0.4, 0.5) is 19.6 Å². The molecule has 10 nitrogen and oxygen atoms in total. The van der Waals surface area contributed by atoms with Crippen LogP contribution in [-0.2, 0) is 22.7 Å². The number of aromatic nitrogens is 2. The lowest BCUT2D eigenvalue weighted by Gasteiger charge is -2.37. The van der Waals surface area contributed by atoms with Crippen LogP contribution >= 0.6 is 11.3 Å². The molecular formula is C32H33F2N7O3S. The summed E-state index contributed by atoms with van der Waals surface area (Å²) in [6, 6.07) is 5.52. The molecule has 3 saturated heterocycles. The Labute approximate surface area is 262 Å². The minimum absolute atomic E-state index is 0.00112. The number of likely N-dealkylation sites (N-methyl/N-ethyl adjacent to an activating group) is 1. The molecule has 13 heteroatoms. The van der Waals surface area contributed by atoms with Crippen molar-refractivity contribution in [3.63, 3.8) is 0 Å². The molecule has 2 aromatic carbocycles. The number of methoxy groups -OCH3 is 1. The summed E-state index contributed by atoms with van der Waals surface area (Å²) in [6.45, 7) is 2.99. The SMILES string of the molecule is CO[C@@H]1C[C@@H](COc2nc(N3C4CCC3CNC4)c3c4c(c(-c5c(F)ccc6sc(N)c(C#N)c56)c(F)c3n2)COC4)N(C)C1. The van der Waals surface area contributed by atoms with Gasteiger partial charge in [-0.3, -0.25) is 4.90 Å². The van der Waals surface area contributed by atoms with Crippen molar-refractivity contribution in [3.8, 4) is 23.2 Å². The number of halogens is 2. The predicted molar refractivity (Wildman–Crippen MR) is 167 cm³/mol. The number of hydrogen-bond acceptors (Lipinski definition) is 11. The zero-order chi connectivity index (χ0) is 31.0. The Morgan fingerprint density at radius 2 is 1.91 bits per heavy atom. The second-order valence-corrected chi connectivity index (χ2v) is 13.5. The molecule has 0 aliphatic carbocycles. The fraction of sp³-hybridized carbons (Fsp3) is 0.469. The van der Waals surface area contributed by atoms with Crippen LogP contribution in [0.15, 0.2) is 12.1 Å². The lowest BCUT2D eigenvalue weighted by molar-refractivity contribution is 0.111. The Bertz CT molecular complexity index is 1880. The van der Waals surface area contributed by atoms with E-state index in [2.05, 4.69) is 26.2 Å². The minimum Gasteiger partial charge on any atom is -0.462 e. The molecule has 2 bridgehead atoms. The molecule has 3 N–H and O–H groups in total. The van der Waals surface area contributed by atoms with Crippen LogP contribution in [0.3, 0.4) is 0 Å². The van der Waals surface area contributed by atoms with E-state index < -0.39 is 11.6 Å². The van der Waals surface area contributed by atoms with Crippen LogP contribution in [0.1, 0.15) is 36.0 Å². The van der Waals surface area contributed by atoms with Crippen LogP contribution < -0.4 is 20.7 Å². The molecule has 2 aromatic heterocycles. The molecule has 6 heterocycles. The lowest BCUT2D eigenvalue weighted by atomic mass is 9.90. The third-order valence-electron chi connectivity index (χ3n) is 9.96. The van der Waals surface area contributed by atoms with Gasteiger partial charge in [-0.05, 0) is 49.6 Å². The van der Waals surface area contributed by atoms with Gasteiger partial charge in [0.2, 0.25) is 0 Å². The molecular weight excluding hydrogens is 600 g/mol. The third-order valence-corrected chi connectivity index (χ3v) is 10.9. The van der Waals surface area contributed by atoms with Gasteiger partial charge in [0.15, 0.2) is 5.82 Å². The Morgan fingerprint density at radius 3 is 2.64 bits per heavy atom. The molecule has 4 aromatic rings. The van der Waals surface area contributed by atoms with Gasteiger partial charge in [0.05, 0.1) is 30.3 Å². The molecule has 45 heavy (non-hydrogen) atoms. The maximum Gasteiger partial charge on any atom is 0.319 e. The van der Waals surface area contributed by atoms with Crippen molar-refractivity contribution >= 4 is 43.1 Å². The van der Waals surface area contributed by atoms with Gasteiger partial charge in [0, 0.05) is 66.1 Å². The third kappa shape index (κ3) is 4.45. The summed E-state index contributed by atoms with van der Waals surface area (Å²) in [6.07, 6.45) is 2.90. The smallest absolute Gasteiger partial charge is 0.319 e. The molecule has 8 rings (SSSR count). The Morgan fingerprint density at radius 1 is 1.13 bits per heavy atom. The Balaban J connectivity index is 1.35. The van der Waals surface area contributed by atoms with E-state index in [0.717, 1.165) is 44.5 Å². The molecule has 4 aliphatic heterocycles. The summed E-state index contributed by atoms with van der Waals surface area (Å²) in [7, 11) is 3.73. The number of anilines is 2. The van der Waals surface area contributed by atoms with E-state index in [1.165, 1.54) is 17.4 Å². The number of piperazine rings is 1. The first-order chi connectivity index (χ1) is 21.9. The zero-order valence-electron chi connectivity index (χ0n) is 25.0. The summed E-state index contributed by atoms with van der Waals surface area (Å²) >= 11 is 1.18. The summed E-state index contributed by atoms with van der Waals surface area (Å²) in [5, 5.41) is 14.6. The lowest BCUT2D eigenvalue weighted by Crippen LogP contribution is -2.52. The molecule has 2 unspecified atom stereocenters. The van der Waals surface area contributed by atoms with Crippen LogP contribution in [0, 0.1) is 23.0 Å². The highest BCUT2D eigenvalue weighted by Crippen LogP contribution is 2.48. The maximum absolute atomic E-state index is 17.3. The van der Waals surface area contributed by atoms with Gasteiger partial charge >= 0.3 is 6.01 Å². The second kappa shape index (κ2) is 11.0. The monoisotopic (exact) mass is 633 g/mol. The highest BCUT2D eigenvalue weighted by Gasteiger charge is 2.41. The quantitative estimate of drug-likeness (QED) is 0.318. The summed E-state index contributed by atoms with van der Waals surface area (Å²) in [5.41, 5.74) is 7.68. The number of nitrogens with zero attached hydrogens (tertiary/aromatic N) is 5. The van der Waals surface area contributed by atoms with Gasteiger partial charge in [-0.1, -0.05) is 0 Å². The standard InChI is InChI=1S/C32H33F2N7O3S/c1-40-11-18(42-2)7-17(40)12-44-32-38-29-26(31(39-32)41-15-3-4-16(41)10-37-9-15)21-14-43-13-20(21)25(28(29)34)27-22(33)5-6-23-24(27)19(8-35)30(36)45-23/h5-6,15-18,37H,3-4,7,9-14,36H2,1-2H3/t15?,16?,17-,18+/m0/s1. The molecule has 0 saturated carbocycles. The average molecular weight is 634 g/mol. The fourth-order valence-corrected chi connectivity index (χ4v) is 8.66. The maximum atomic E-state index is 17.3. The van der Waals surface area contributed by atoms with Gasteiger partial charge in [-0.25, -0.2) is 8.78 Å². The number of fused-ring (bicyclic) bond motifs is 6. The van der Waals surface area contributed by atoms with Crippen molar-refractivity contribution in [1.82, 2.24) is 20.2 Å². The van der Waals surface area contributed by atoms with Gasteiger partial charge in [-0.15, -0.1) is 11.3 Å². The predicted octanol–water partition coefficient (Wildman–Crippen LogP) is 4.31. The molecule has 0 amide bonds. The number of benzene rings is 2. The number of nitriles is 1. The minimum atomic E-state index is -0.692. The van der Waals surface area contributed by atoms with E-state index in [1.54, 1.807) is 13.2 Å². The number of nitrogens with two attached hydrogens (primary N) is 1. The summed E-state index contributed by atoms with van der Waals surface area (Å²) in [5.74, 6) is -0.711. The fourth-order valence-electron chi connectivity index (χ4n) is 7.73. The molecule has 4 aliphatic rings. The van der Waals surface area contributed by atoms with Crippen molar-refractivity contribution in [2.75, 3.05) is 51.0 Å². The van der Waals surface area contributed by atoms with Gasteiger partial charge in [0.1, 0.15) is 34.8 Å². The summed E-state index contributed by atoms with van der Waals surface area (Å²) in [4.78, 5) is 14.1. The number of ether oxygens (including phenoxy) is 3. The van der Waals surface area contributed by atoms with Crippen molar-refractivity contribution in [2.45, 2.75) is 56.7 Å². The average Bonchev–Trinajstić information content (AvgIpc) is 3.79. The van der Waals surface area contributed by atoms with Crippen molar-refractivity contribution < 1.29 is 23.0 Å². The van der Waals surface area contributed by atoms with E-state index in [-0.39, 0.29) is 70.7 Å². The van der Waals surface area contributed by atoms with E-state index in [0.29, 0.717) is 33.5 Å². The second-order valence-electron chi connectivity index (χ2n) is 12.4. The first kappa shape index (κ1) is 28.8. The van der Waals surface area contributed by atoms with E-state index >= 15 is 8.78 Å². The topological polar surface area (TPSA) is 122 Å². The number of thiophene rings is 1. The van der Waals surface area contributed by atoms with Crippen LogP contribution in [0.25, 0.3) is 32.1 Å². The van der Waals surface area contributed by atoms with Crippen molar-refractivity contribution in [2.24, 2.45) is 0 Å². The summed E-state index contributed by atoms with van der Waals surface area (Å²) < 4.78 is 51.5. The first-order valence-electron chi connectivity index (χ1n) is 15.3. The highest BCUT2D eigenvalue weighted by molar-refractivity contribution is 7.23. The van der Waals surface area contributed by atoms with Crippen LogP contribution in [-0.4, -0.2) is 79.5 Å². The van der Waals surface area contributed by atoms with Crippen LogP contribution in [0.2, 0.25) is 0 Å². The Hall–Kier alpha value is -3.67. The number of nitrogens with one attached hydrogen (secondary N) is 1. The molecule has 0 radical (unpaired) electrons. The zero-order valence-corrected chi connectivity index (χ0v) is 25.8. The molecule has 4 atom stereocenters. The Kier molecular flexibility index (Phi) is 7.03. The molecule has 0 spiro atoms. The van der Waals surface area contributed by atoms with Crippen molar-refractivity contribution in [1.29, 1.82) is 5.26 Å². The number of nitrogen functional groups attached to an aromatic ring is 1. The molecule has 3 fully saturated rings. The van der Waals surface area contributed by atoms with Gasteiger partial charge in [-0.2, -0.15) is 15.2 Å². The highest BCUT2D eigenvalue weighted by atomic mass is 32.1.